The third-order valence-electron chi connectivity index (χ3n) is 4.60. The number of ether oxygens (including phenoxy) is 1. The molecule has 0 saturated carbocycles. The zero-order valence-corrected chi connectivity index (χ0v) is 20.7. The Hall–Kier alpha value is -2.10. The number of benzene rings is 2. The van der Waals surface area contributed by atoms with E-state index in [1.807, 2.05) is 32.9 Å². The van der Waals surface area contributed by atoms with Crippen molar-refractivity contribution in [2.24, 2.45) is 5.92 Å². The summed E-state index contributed by atoms with van der Waals surface area (Å²) in [5.41, 5.74) is 2.98. The van der Waals surface area contributed by atoms with E-state index >= 15 is 0 Å². The molecule has 0 aliphatic rings. The summed E-state index contributed by atoms with van der Waals surface area (Å²) in [7, 11) is -6.16. The normalized spacial score (nSPS) is 12.4. The maximum absolute atomic E-state index is 13.6. The van der Waals surface area contributed by atoms with Gasteiger partial charge < -0.3 is 8.92 Å². The van der Waals surface area contributed by atoms with Crippen LogP contribution >= 0.6 is 0 Å². The van der Waals surface area contributed by atoms with Gasteiger partial charge in [-0.1, -0.05) is 37.6 Å². The molecule has 0 saturated heterocycles. The highest BCUT2D eigenvalue weighted by atomic mass is 32.2. The average Bonchev–Trinajstić information content (AvgIpc) is 2.58. The Bertz CT molecular complexity index is 1130. The van der Waals surface area contributed by atoms with E-state index in [4.69, 9.17) is 8.92 Å². The minimum atomic E-state index is -3.79. The van der Waals surface area contributed by atoms with Crippen LogP contribution in [0.25, 0.3) is 0 Å². The van der Waals surface area contributed by atoms with Crippen molar-refractivity contribution in [1.82, 2.24) is 4.31 Å². The molecule has 0 spiro atoms. The molecule has 2 aromatic carbocycles. The first-order chi connectivity index (χ1) is 14.2. The van der Waals surface area contributed by atoms with Gasteiger partial charge in [-0.15, -0.1) is 0 Å². The number of hydrogen-bond donors (Lipinski definition) is 0. The maximum atomic E-state index is 13.6. The fourth-order valence-corrected chi connectivity index (χ4v) is 6.07. The van der Waals surface area contributed by atoms with Crippen molar-refractivity contribution in [1.29, 1.82) is 0 Å². The SMILES string of the molecule is COc1ccc(CN(CC(C)C)S(=O)(=O)c2c(C)cc(C)cc2C)cc1OS(C)(=O)=O. The fourth-order valence-electron chi connectivity index (χ4n) is 3.61. The van der Waals surface area contributed by atoms with Crippen molar-refractivity contribution in [3.8, 4) is 11.5 Å². The first-order valence-corrected chi connectivity index (χ1v) is 13.1. The third kappa shape index (κ3) is 6.44. The molecule has 2 aromatic rings. The van der Waals surface area contributed by atoms with Crippen LogP contribution < -0.4 is 8.92 Å². The third-order valence-corrected chi connectivity index (χ3v) is 7.20. The summed E-state index contributed by atoms with van der Waals surface area (Å²) < 4.78 is 62.1. The first kappa shape index (κ1) is 25.2. The summed E-state index contributed by atoms with van der Waals surface area (Å²) >= 11 is 0. The van der Waals surface area contributed by atoms with Gasteiger partial charge in [0.05, 0.1) is 18.3 Å². The molecule has 31 heavy (non-hydrogen) atoms. The van der Waals surface area contributed by atoms with Crippen LogP contribution in [0.5, 0.6) is 11.5 Å². The number of aryl methyl sites for hydroxylation is 3. The number of rotatable bonds is 9. The Morgan fingerprint density at radius 3 is 2.00 bits per heavy atom. The number of methoxy groups -OCH3 is 1. The van der Waals surface area contributed by atoms with Gasteiger partial charge in [0.1, 0.15) is 0 Å². The van der Waals surface area contributed by atoms with Gasteiger partial charge in [-0.05, 0) is 55.5 Å². The number of sulfonamides is 1. The van der Waals surface area contributed by atoms with Crippen molar-refractivity contribution in [3.63, 3.8) is 0 Å². The van der Waals surface area contributed by atoms with Crippen LogP contribution in [0.2, 0.25) is 0 Å². The quantitative estimate of drug-likeness (QED) is 0.519. The summed E-state index contributed by atoms with van der Waals surface area (Å²) in [5.74, 6) is 0.357. The molecule has 0 bridgehead atoms. The largest absolute Gasteiger partial charge is 0.493 e. The first-order valence-electron chi connectivity index (χ1n) is 9.89. The maximum Gasteiger partial charge on any atom is 0.306 e. The molecule has 9 heteroatoms. The van der Waals surface area contributed by atoms with Crippen LogP contribution in [0.1, 0.15) is 36.1 Å². The topological polar surface area (TPSA) is 90.0 Å². The van der Waals surface area contributed by atoms with Crippen molar-refractivity contribution >= 4 is 20.1 Å². The van der Waals surface area contributed by atoms with E-state index in [0.29, 0.717) is 28.1 Å². The summed E-state index contributed by atoms with van der Waals surface area (Å²) in [6.07, 6.45) is 0.942. The van der Waals surface area contributed by atoms with Gasteiger partial charge in [-0.25, -0.2) is 8.42 Å². The van der Waals surface area contributed by atoms with Gasteiger partial charge in [-0.2, -0.15) is 12.7 Å². The van der Waals surface area contributed by atoms with Gasteiger partial charge >= 0.3 is 10.1 Å². The Labute approximate surface area is 186 Å². The summed E-state index contributed by atoms with van der Waals surface area (Å²) in [6.45, 7) is 9.80. The number of nitrogens with zero attached hydrogens (tertiary/aromatic N) is 1. The molecule has 0 aliphatic heterocycles. The highest BCUT2D eigenvalue weighted by molar-refractivity contribution is 7.89. The second kappa shape index (κ2) is 9.58. The van der Waals surface area contributed by atoms with Gasteiger partial charge in [0.2, 0.25) is 10.0 Å². The van der Waals surface area contributed by atoms with Crippen LogP contribution in [-0.2, 0) is 26.7 Å². The Morgan fingerprint density at radius 1 is 0.935 bits per heavy atom. The van der Waals surface area contributed by atoms with E-state index in [2.05, 4.69) is 0 Å². The van der Waals surface area contributed by atoms with Crippen LogP contribution in [0.15, 0.2) is 35.2 Å². The van der Waals surface area contributed by atoms with Crippen LogP contribution in [0, 0.1) is 26.7 Å². The molecule has 7 nitrogen and oxygen atoms in total. The van der Waals surface area contributed by atoms with Crippen LogP contribution in [0.3, 0.4) is 0 Å². The molecule has 2 rings (SSSR count). The van der Waals surface area contributed by atoms with Crippen LogP contribution in [0.4, 0.5) is 0 Å². The highest BCUT2D eigenvalue weighted by Crippen LogP contribution is 2.32. The molecule has 0 amide bonds. The minimum Gasteiger partial charge on any atom is -0.493 e. The molecule has 0 heterocycles. The summed E-state index contributed by atoms with van der Waals surface area (Å²) in [5, 5.41) is 0. The Balaban J connectivity index is 2.53. The van der Waals surface area contributed by atoms with Gasteiger partial charge in [0.25, 0.3) is 0 Å². The Morgan fingerprint density at radius 2 is 1.52 bits per heavy atom. The van der Waals surface area contributed by atoms with Crippen LogP contribution in [-0.4, -0.2) is 41.1 Å². The molecule has 0 radical (unpaired) electrons. The lowest BCUT2D eigenvalue weighted by Crippen LogP contribution is -2.34. The molecule has 0 fully saturated rings. The molecule has 0 N–H and O–H groups in total. The smallest absolute Gasteiger partial charge is 0.306 e. The summed E-state index contributed by atoms with van der Waals surface area (Å²) in [6, 6.07) is 8.49. The van der Waals surface area contributed by atoms with Gasteiger partial charge in [-0.3, -0.25) is 0 Å². The van der Waals surface area contributed by atoms with Crippen molar-refractivity contribution in [3.05, 3.63) is 52.6 Å². The highest BCUT2D eigenvalue weighted by Gasteiger charge is 2.29. The van der Waals surface area contributed by atoms with E-state index in [9.17, 15) is 16.8 Å². The van der Waals surface area contributed by atoms with Gasteiger partial charge in [0, 0.05) is 13.1 Å². The lowest BCUT2D eigenvalue weighted by molar-refractivity contribution is 0.360. The second-order valence-corrected chi connectivity index (χ2v) is 11.6. The lowest BCUT2D eigenvalue weighted by Gasteiger charge is -2.26. The molecule has 0 atom stereocenters. The molecular weight excluding hydrogens is 438 g/mol. The minimum absolute atomic E-state index is 0.0205. The molecule has 0 aromatic heterocycles. The average molecular weight is 470 g/mol. The predicted octanol–water partition coefficient (Wildman–Crippen LogP) is 3.81. The Kier molecular flexibility index (Phi) is 7.78. The molecule has 172 valence electrons. The monoisotopic (exact) mass is 469 g/mol. The van der Waals surface area contributed by atoms with Gasteiger partial charge in [0.15, 0.2) is 11.5 Å². The zero-order chi connectivity index (χ0) is 23.6. The molecule has 0 aliphatic carbocycles. The van der Waals surface area contributed by atoms with E-state index in [1.54, 1.807) is 26.0 Å². The summed E-state index contributed by atoms with van der Waals surface area (Å²) in [4.78, 5) is 0.305. The lowest BCUT2D eigenvalue weighted by atomic mass is 10.1. The van der Waals surface area contributed by atoms with E-state index in [0.717, 1.165) is 11.8 Å². The second-order valence-electron chi connectivity index (χ2n) is 8.19. The fraction of sp³-hybridized carbons (Fsp3) is 0.455. The van der Waals surface area contributed by atoms with Crippen molar-refractivity contribution < 1.29 is 25.8 Å². The van der Waals surface area contributed by atoms with Crippen molar-refractivity contribution in [2.75, 3.05) is 19.9 Å². The van der Waals surface area contributed by atoms with E-state index < -0.39 is 20.1 Å². The zero-order valence-electron chi connectivity index (χ0n) is 19.1. The van der Waals surface area contributed by atoms with E-state index in [-0.39, 0.29) is 24.0 Å². The van der Waals surface area contributed by atoms with Crippen molar-refractivity contribution in [2.45, 2.75) is 46.1 Å². The van der Waals surface area contributed by atoms with E-state index in [1.165, 1.54) is 17.5 Å². The molecule has 0 unspecified atom stereocenters. The standard InChI is InChI=1S/C22H31NO6S2/c1-15(2)13-23(31(26,27)22-17(4)10-16(3)11-18(22)5)14-19-8-9-20(28-6)21(12-19)29-30(7,24)25/h8-12,15H,13-14H2,1-7H3. The predicted molar refractivity (Wildman–Crippen MR) is 122 cm³/mol. The number of hydrogen-bond acceptors (Lipinski definition) is 6. The molecular formula is C22H31NO6S2.